The molecule has 0 fully saturated rings. The standard InChI is InChI=1S/C17H19ClO/c1-2-3-5-14-8-10-16(11-9-14)19-17-7-4-6-15(12-17)13-18/h4,6-12H,2-3,5,13H2,1H3. The Bertz CT molecular complexity index is 505. The fourth-order valence-corrected chi connectivity index (χ4v) is 2.10. The number of rotatable bonds is 6. The van der Waals surface area contributed by atoms with Crippen LogP contribution in [-0.2, 0) is 12.3 Å². The van der Waals surface area contributed by atoms with Crippen LogP contribution < -0.4 is 4.74 Å². The Labute approximate surface area is 120 Å². The highest BCUT2D eigenvalue weighted by Gasteiger charge is 1.99. The zero-order valence-corrected chi connectivity index (χ0v) is 12.0. The van der Waals surface area contributed by atoms with Crippen molar-refractivity contribution in [2.45, 2.75) is 32.1 Å². The maximum atomic E-state index is 5.82. The van der Waals surface area contributed by atoms with Crippen LogP contribution >= 0.6 is 11.6 Å². The summed E-state index contributed by atoms with van der Waals surface area (Å²) in [5, 5.41) is 0. The summed E-state index contributed by atoms with van der Waals surface area (Å²) in [5.41, 5.74) is 2.43. The monoisotopic (exact) mass is 274 g/mol. The summed E-state index contributed by atoms with van der Waals surface area (Å²) in [6.07, 6.45) is 3.60. The zero-order chi connectivity index (χ0) is 13.5. The van der Waals surface area contributed by atoms with Crippen LogP contribution in [0.1, 0.15) is 30.9 Å². The smallest absolute Gasteiger partial charge is 0.127 e. The van der Waals surface area contributed by atoms with Gasteiger partial charge in [-0.3, -0.25) is 0 Å². The van der Waals surface area contributed by atoms with E-state index in [2.05, 4.69) is 19.1 Å². The lowest BCUT2D eigenvalue weighted by Crippen LogP contribution is -1.88. The quantitative estimate of drug-likeness (QED) is 0.627. The Balaban J connectivity index is 2.02. The number of ether oxygens (including phenoxy) is 1. The Kier molecular flexibility index (Phi) is 5.29. The molecule has 0 atom stereocenters. The van der Waals surface area contributed by atoms with Crippen LogP contribution in [0.5, 0.6) is 11.5 Å². The Morgan fingerprint density at radius 1 is 0.947 bits per heavy atom. The first-order valence-corrected chi connectivity index (χ1v) is 7.27. The van der Waals surface area contributed by atoms with E-state index in [0.29, 0.717) is 5.88 Å². The van der Waals surface area contributed by atoms with E-state index in [-0.39, 0.29) is 0 Å². The van der Waals surface area contributed by atoms with E-state index >= 15 is 0 Å². The lowest BCUT2D eigenvalue weighted by molar-refractivity contribution is 0.482. The highest BCUT2D eigenvalue weighted by molar-refractivity contribution is 6.17. The third kappa shape index (κ3) is 4.29. The van der Waals surface area contributed by atoms with Crippen molar-refractivity contribution in [3.05, 3.63) is 59.7 Å². The second kappa shape index (κ2) is 7.20. The zero-order valence-electron chi connectivity index (χ0n) is 11.2. The molecule has 0 saturated carbocycles. The number of aryl methyl sites for hydroxylation is 1. The first-order valence-electron chi connectivity index (χ1n) is 6.73. The molecule has 0 bridgehead atoms. The molecule has 100 valence electrons. The van der Waals surface area contributed by atoms with E-state index in [1.54, 1.807) is 0 Å². The maximum Gasteiger partial charge on any atom is 0.127 e. The second-order valence-electron chi connectivity index (χ2n) is 4.63. The van der Waals surface area contributed by atoms with Crippen molar-refractivity contribution in [2.75, 3.05) is 0 Å². The molecular formula is C17H19ClO. The lowest BCUT2D eigenvalue weighted by atomic mass is 10.1. The number of unbranched alkanes of at least 4 members (excludes halogenated alkanes) is 1. The van der Waals surface area contributed by atoms with E-state index in [9.17, 15) is 0 Å². The van der Waals surface area contributed by atoms with Crippen LogP contribution in [0.2, 0.25) is 0 Å². The topological polar surface area (TPSA) is 9.23 Å². The van der Waals surface area contributed by atoms with Gasteiger partial charge in [-0.25, -0.2) is 0 Å². The molecule has 0 aliphatic carbocycles. The molecule has 2 rings (SSSR count). The van der Waals surface area contributed by atoms with Gasteiger partial charge in [0.1, 0.15) is 11.5 Å². The molecule has 0 aliphatic heterocycles. The fourth-order valence-electron chi connectivity index (χ4n) is 1.93. The van der Waals surface area contributed by atoms with E-state index in [0.717, 1.165) is 23.5 Å². The summed E-state index contributed by atoms with van der Waals surface area (Å²) in [7, 11) is 0. The van der Waals surface area contributed by atoms with Crippen LogP contribution in [0.25, 0.3) is 0 Å². The Hall–Kier alpha value is -1.47. The van der Waals surface area contributed by atoms with Crippen LogP contribution in [0.3, 0.4) is 0 Å². The first-order chi connectivity index (χ1) is 9.31. The van der Waals surface area contributed by atoms with Crippen molar-refractivity contribution in [2.24, 2.45) is 0 Å². The third-order valence-electron chi connectivity index (χ3n) is 3.03. The summed E-state index contributed by atoms with van der Waals surface area (Å²) in [6.45, 7) is 2.21. The van der Waals surface area contributed by atoms with Crippen LogP contribution in [-0.4, -0.2) is 0 Å². The summed E-state index contributed by atoms with van der Waals surface area (Å²) >= 11 is 5.82. The van der Waals surface area contributed by atoms with Gasteiger partial charge in [0, 0.05) is 5.88 Å². The number of hydrogen-bond donors (Lipinski definition) is 0. The SMILES string of the molecule is CCCCc1ccc(Oc2cccc(CCl)c2)cc1. The highest BCUT2D eigenvalue weighted by Crippen LogP contribution is 2.23. The first kappa shape index (κ1) is 14.0. The molecule has 0 unspecified atom stereocenters. The van der Waals surface area contributed by atoms with Crippen molar-refractivity contribution in [3.63, 3.8) is 0 Å². The summed E-state index contributed by atoms with van der Waals surface area (Å²) in [6, 6.07) is 16.2. The predicted octanol–water partition coefficient (Wildman–Crippen LogP) is 5.56. The number of alkyl halides is 1. The molecule has 0 radical (unpaired) electrons. The molecule has 0 spiro atoms. The van der Waals surface area contributed by atoms with E-state index < -0.39 is 0 Å². The predicted molar refractivity (Wildman–Crippen MR) is 81.1 cm³/mol. The van der Waals surface area contributed by atoms with Gasteiger partial charge in [0.2, 0.25) is 0 Å². The molecule has 2 heteroatoms. The third-order valence-corrected chi connectivity index (χ3v) is 3.34. The van der Waals surface area contributed by atoms with E-state index in [4.69, 9.17) is 16.3 Å². The maximum absolute atomic E-state index is 5.82. The molecule has 1 nitrogen and oxygen atoms in total. The van der Waals surface area contributed by atoms with E-state index in [1.165, 1.54) is 18.4 Å². The van der Waals surface area contributed by atoms with Crippen molar-refractivity contribution >= 4 is 11.6 Å². The number of halogens is 1. The van der Waals surface area contributed by atoms with Crippen molar-refractivity contribution in [3.8, 4) is 11.5 Å². The fraction of sp³-hybridized carbons (Fsp3) is 0.294. The van der Waals surface area contributed by atoms with Gasteiger partial charge in [0.05, 0.1) is 0 Å². The minimum absolute atomic E-state index is 0.507. The van der Waals surface area contributed by atoms with Crippen LogP contribution in [0.4, 0.5) is 0 Å². The lowest BCUT2D eigenvalue weighted by Gasteiger charge is -2.07. The average Bonchev–Trinajstić information content (AvgIpc) is 2.47. The van der Waals surface area contributed by atoms with Crippen molar-refractivity contribution in [1.29, 1.82) is 0 Å². The van der Waals surface area contributed by atoms with Gasteiger partial charge >= 0.3 is 0 Å². The molecule has 0 aliphatic rings. The molecule has 0 N–H and O–H groups in total. The van der Waals surface area contributed by atoms with Gasteiger partial charge in [-0.05, 0) is 48.2 Å². The Morgan fingerprint density at radius 3 is 2.42 bits per heavy atom. The molecular weight excluding hydrogens is 256 g/mol. The minimum atomic E-state index is 0.507. The second-order valence-corrected chi connectivity index (χ2v) is 4.90. The van der Waals surface area contributed by atoms with Gasteiger partial charge in [0.25, 0.3) is 0 Å². The molecule has 2 aromatic carbocycles. The molecule has 0 saturated heterocycles. The molecule has 2 aromatic rings. The van der Waals surface area contributed by atoms with Gasteiger partial charge < -0.3 is 4.74 Å². The normalized spacial score (nSPS) is 10.4. The van der Waals surface area contributed by atoms with Crippen LogP contribution in [0.15, 0.2) is 48.5 Å². The van der Waals surface area contributed by atoms with E-state index in [1.807, 2.05) is 36.4 Å². The van der Waals surface area contributed by atoms with Crippen LogP contribution in [0, 0.1) is 0 Å². The highest BCUT2D eigenvalue weighted by atomic mass is 35.5. The molecule has 0 heterocycles. The van der Waals surface area contributed by atoms with Gasteiger partial charge in [-0.2, -0.15) is 0 Å². The molecule has 0 aromatic heterocycles. The summed E-state index contributed by atoms with van der Waals surface area (Å²) < 4.78 is 5.82. The van der Waals surface area contributed by atoms with Crippen molar-refractivity contribution in [1.82, 2.24) is 0 Å². The molecule has 0 amide bonds. The van der Waals surface area contributed by atoms with Gasteiger partial charge in [-0.1, -0.05) is 37.6 Å². The minimum Gasteiger partial charge on any atom is -0.457 e. The van der Waals surface area contributed by atoms with Gasteiger partial charge in [0.15, 0.2) is 0 Å². The largest absolute Gasteiger partial charge is 0.457 e. The summed E-state index contributed by atoms with van der Waals surface area (Å²) in [5.74, 6) is 2.21. The number of hydrogen-bond acceptors (Lipinski definition) is 1. The number of benzene rings is 2. The Morgan fingerprint density at radius 2 is 1.74 bits per heavy atom. The molecule has 19 heavy (non-hydrogen) atoms. The summed E-state index contributed by atoms with van der Waals surface area (Å²) in [4.78, 5) is 0. The average molecular weight is 275 g/mol. The van der Waals surface area contributed by atoms with Gasteiger partial charge in [-0.15, -0.1) is 11.6 Å². The van der Waals surface area contributed by atoms with Crippen molar-refractivity contribution < 1.29 is 4.74 Å².